The van der Waals surface area contributed by atoms with Crippen LogP contribution in [-0.4, -0.2) is 59.1 Å². The number of carbonyl (C=O) groups excluding carboxylic acids is 1. The highest BCUT2D eigenvalue weighted by molar-refractivity contribution is 5.76. The van der Waals surface area contributed by atoms with E-state index in [-0.39, 0.29) is 5.82 Å². The summed E-state index contributed by atoms with van der Waals surface area (Å²) in [7, 11) is 0. The van der Waals surface area contributed by atoms with Crippen molar-refractivity contribution in [2.75, 3.05) is 31.2 Å². The Kier molecular flexibility index (Phi) is 5.59. The first-order valence-electron chi connectivity index (χ1n) is 7.73. The Morgan fingerprint density at radius 3 is 2.38 bits per heavy atom. The first-order chi connectivity index (χ1) is 12.0. The number of hydrogen-bond acceptors (Lipinski definition) is 8. The molecule has 144 valence electrons. The molecule has 0 radical (unpaired) electrons. The quantitative estimate of drug-likeness (QED) is 0.787. The van der Waals surface area contributed by atoms with Crippen LogP contribution in [0, 0.1) is 0 Å². The van der Waals surface area contributed by atoms with Crippen LogP contribution in [-0.2, 0) is 20.2 Å². The number of hydrogen-bond donors (Lipinski definition) is 1. The molecular weight excluding hydrogens is 356 g/mol. The summed E-state index contributed by atoms with van der Waals surface area (Å²) < 4.78 is 42.7. The van der Waals surface area contributed by atoms with E-state index in [1.54, 1.807) is 25.7 Å². The molecule has 0 unspecified atom stereocenters. The third kappa shape index (κ3) is 4.97. The number of morpholine rings is 1. The monoisotopic (exact) mass is 375 g/mol. The van der Waals surface area contributed by atoms with Crippen LogP contribution >= 0.6 is 0 Å². The average molecular weight is 375 g/mol. The van der Waals surface area contributed by atoms with Gasteiger partial charge in [0.15, 0.2) is 0 Å². The minimum absolute atomic E-state index is 0.00205. The van der Waals surface area contributed by atoms with Crippen LogP contribution in [0.5, 0.6) is 5.88 Å². The van der Waals surface area contributed by atoms with E-state index in [4.69, 9.17) is 19.3 Å². The van der Waals surface area contributed by atoms with Gasteiger partial charge >= 0.3 is 18.0 Å². The Bertz CT molecular complexity index is 686. The molecule has 0 bridgehead atoms. The zero-order chi connectivity index (χ0) is 19.5. The van der Waals surface area contributed by atoms with Gasteiger partial charge in [0.05, 0.1) is 13.2 Å². The number of carbonyl (C=O) groups is 2. The van der Waals surface area contributed by atoms with Crippen molar-refractivity contribution in [3.63, 3.8) is 0 Å². The first-order valence-corrected chi connectivity index (χ1v) is 7.73. The van der Waals surface area contributed by atoms with Crippen molar-refractivity contribution in [3.8, 4) is 5.88 Å². The maximum absolute atomic E-state index is 13.9. The molecule has 0 aromatic carbocycles. The average Bonchev–Trinajstić information content (AvgIpc) is 2.53. The smallest absolute Gasteiger partial charge is 0.476 e. The highest BCUT2D eigenvalue weighted by atomic mass is 19.3. The van der Waals surface area contributed by atoms with Crippen LogP contribution in [0.2, 0.25) is 0 Å². The molecule has 1 N–H and O–H groups in total. The SMILES string of the molecule is CC(C)(C)OC(=O)Oc1cc(N2CCOCC2)nc(C(F)(F)C(=O)O)n1. The number of ether oxygens (including phenoxy) is 3. The molecule has 1 aliphatic heterocycles. The third-order valence-electron chi connectivity index (χ3n) is 3.15. The van der Waals surface area contributed by atoms with Gasteiger partial charge in [-0.05, 0) is 20.8 Å². The van der Waals surface area contributed by atoms with Crippen molar-refractivity contribution in [1.82, 2.24) is 9.97 Å². The van der Waals surface area contributed by atoms with Crippen LogP contribution < -0.4 is 9.64 Å². The highest BCUT2D eigenvalue weighted by Gasteiger charge is 2.45. The van der Waals surface area contributed by atoms with E-state index in [9.17, 15) is 18.4 Å². The Labute approximate surface area is 147 Å². The fourth-order valence-corrected chi connectivity index (χ4v) is 2.01. The van der Waals surface area contributed by atoms with Gasteiger partial charge in [0.1, 0.15) is 11.4 Å². The molecule has 9 nitrogen and oxygen atoms in total. The number of alkyl halides is 2. The van der Waals surface area contributed by atoms with Gasteiger partial charge < -0.3 is 24.2 Å². The summed E-state index contributed by atoms with van der Waals surface area (Å²) in [5, 5.41) is 8.73. The summed E-state index contributed by atoms with van der Waals surface area (Å²) in [4.78, 5) is 31.2. The second-order valence-electron chi connectivity index (χ2n) is 6.43. The van der Waals surface area contributed by atoms with Crippen LogP contribution in [0.15, 0.2) is 6.07 Å². The maximum atomic E-state index is 13.9. The summed E-state index contributed by atoms with van der Waals surface area (Å²) >= 11 is 0. The van der Waals surface area contributed by atoms with Crippen LogP contribution in [0.4, 0.5) is 19.4 Å². The molecule has 0 amide bonds. The summed E-state index contributed by atoms with van der Waals surface area (Å²) in [6.07, 6.45) is -1.16. The predicted octanol–water partition coefficient (Wildman–Crippen LogP) is 1.80. The van der Waals surface area contributed by atoms with Crippen molar-refractivity contribution in [2.24, 2.45) is 0 Å². The van der Waals surface area contributed by atoms with Gasteiger partial charge in [-0.25, -0.2) is 14.6 Å². The largest absolute Gasteiger partial charge is 0.515 e. The van der Waals surface area contributed by atoms with Gasteiger partial charge in [-0.1, -0.05) is 0 Å². The minimum atomic E-state index is -4.35. The summed E-state index contributed by atoms with van der Waals surface area (Å²) in [5.74, 6) is -8.59. The fourth-order valence-electron chi connectivity index (χ4n) is 2.01. The zero-order valence-electron chi connectivity index (χ0n) is 14.5. The third-order valence-corrected chi connectivity index (χ3v) is 3.15. The summed E-state index contributed by atoms with van der Waals surface area (Å²) in [5.41, 5.74) is -0.870. The molecule has 26 heavy (non-hydrogen) atoms. The second-order valence-corrected chi connectivity index (χ2v) is 6.43. The molecule has 2 rings (SSSR count). The normalized spacial score (nSPS) is 15.5. The predicted molar refractivity (Wildman–Crippen MR) is 83.5 cm³/mol. The van der Waals surface area contributed by atoms with Crippen molar-refractivity contribution in [3.05, 3.63) is 11.9 Å². The number of carboxylic acid groups (broad SMARTS) is 1. The van der Waals surface area contributed by atoms with Crippen molar-refractivity contribution in [1.29, 1.82) is 0 Å². The highest BCUT2D eigenvalue weighted by Crippen LogP contribution is 2.29. The second kappa shape index (κ2) is 7.36. The molecule has 1 aromatic rings. The Balaban J connectivity index is 2.36. The molecule has 1 saturated heterocycles. The van der Waals surface area contributed by atoms with Crippen LogP contribution in [0.25, 0.3) is 0 Å². The lowest BCUT2D eigenvalue weighted by atomic mass is 10.2. The van der Waals surface area contributed by atoms with Gasteiger partial charge in [0, 0.05) is 19.2 Å². The molecule has 1 aliphatic rings. The van der Waals surface area contributed by atoms with Crippen molar-refractivity contribution in [2.45, 2.75) is 32.3 Å². The number of aromatic nitrogens is 2. The van der Waals surface area contributed by atoms with Gasteiger partial charge in [-0.15, -0.1) is 0 Å². The van der Waals surface area contributed by atoms with Gasteiger partial charge in [-0.2, -0.15) is 13.8 Å². The van der Waals surface area contributed by atoms with Crippen molar-refractivity contribution < 1.29 is 37.7 Å². The molecule has 2 heterocycles. The van der Waals surface area contributed by atoms with E-state index in [0.717, 1.165) is 6.07 Å². The van der Waals surface area contributed by atoms with E-state index in [2.05, 4.69) is 9.97 Å². The van der Waals surface area contributed by atoms with Gasteiger partial charge in [0.2, 0.25) is 11.7 Å². The van der Waals surface area contributed by atoms with Crippen molar-refractivity contribution >= 4 is 17.9 Å². The molecule has 0 aliphatic carbocycles. The van der Waals surface area contributed by atoms with E-state index in [0.29, 0.717) is 26.3 Å². The lowest BCUT2D eigenvalue weighted by molar-refractivity contribution is -0.167. The number of carboxylic acids is 1. The molecule has 0 atom stereocenters. The maximum Gasteiger partial charge on any atom is 0.515 e. The Morgan fingerprint density at radius 2 is 1.85 bits per heavy atom. The molecule has 0 spiro atoms. The minimum Gasteiger partial charge on any atom is -0.476 e. The Hall–Kier alpha value is -2.56. The number of halogens is 2. The molecule has 0 saturated carbocycles. The number of rotatable bonds is 4. The standard InChI is InChI=1S/C15H19F2N3O6/c1-14(2,3)26-13(23)25-10-8-9(20-4-6-24-7-5-20)18-11(19-10)15(16,17)12(21)22/h8H,4-7H2,1-3H3,(H,21,22). The molecule has 11 heteroatoms. The van der Waals surface area contributed by atoms with E-state index < -0.39 is 35.4 Å². The summed E-state index contributed by atoms with van der Waals surface area (Å²) in [6, 6.07) is 1.16. The lowest BCUT2D eigenvalue weighted by Gasteiger charge is -2.28. The van der Waals surface area contributed by atoms with E-state index >= 15 is 0 Å². The molecular formula is C15H19F2N3O6. The number of anilines is 1. The van der Waals surface area contributed by atoms with E-state index in [1.165, 1.54) is 0 Å². The first kappa shape index (κ1) is 19.8. The van der Waals surface area contributed by atoms with E-state index in [1.807, 2.05) is 0 Å². The number of aliphatic carboxylic acids is 1. The van der Waals surface area contributed by atoms with Gasteiger partial charge in [0.25, 0.3) is 0 Å². The van der Waals surface area contributed by atoms with Crippen LogP contribution in [0.3, 0.4) is 0 Å². The van der Waals surface area contributed by atoms with Gasteiger partial charge in [-0.3, -0.25) is 0 Å². The molecule has 1 fully saturated rings. The topological polar surface area (TPSA) is 111 Å². The van der Waals surface area contributed by atoms with Crippen LogP contribution in [0.1, 0.15) is 26.6 Å². The Morgan fingerprint density at radius 1 is 1.23 bits per heavy atom. The summed E-state index contributed by atoms with van der Waals surface area (Å²) in [6.45, 7) is 6.17. The fraction of sp³-hybridized carbons (Fsp3) is 0.600. The lowest BCUT2D eigenvalue weighted by Crippen LogP contribution is -2.38. The number of nitrogens with zero attached hydrogens (tertiary/aromatic N) is 3. The zero-order valence-corrected chi connectivity index (χ0v) is 14.5. The molecule has 1 aromatic heterocycles.